The van der Waals surface area contributed by atoms with Crippen molar-refractivity contribution in [2.24, 2.45) is 0 Å². The summed E-state index contributed by atoms with van der Waals surface area (Å²) < 4.78 is 18.3. The Hall–Kier alpha value is -1.97. The van der Waals surface area contributed by atoms with Crippen molar-refractivity contribution in [2.45, 2.75) is 30.6 Å². The average molecular weight is 395 g/mol. The lowest BCUT2D eigenvalue weighted by Gasteiger charge is -2.36. The number of rotatable bonds is 7. The first-order chi connectivity index (χ1) is 12.9. The quantitative estimate of drug-likeness (QED) is 0.584. The molecule has 0 unspecified atom stereocenters. The molecule has 1 aliphatic heterocycles. The molecule has 1 saturated heterocycles. The number of piperidine rings is 1. The van der Waals surface area contributed by atoms with Crippen LogP contribution < -0.4 is 10.2 Å². The molecule has 1 aliphatic rings. The third kappa shape index (κ3) is 5.50. The number of hydrogen-bond donors (Lipinski definition) is 3. The highest BCUT2D eigenvalue weighted by Crippen LogP contribution is 2.29. The number of quaternary nitrogens is 1. The zero-order chi connectivity index (χ0) is 19.3. The predicted molar refractivity (Wildman–Crippen MR) is 97.9 cm³/mol. The normalized spacial score (nSPS) is 22.6. The molecule has 2 heterocycles. The molecule has 1 amide bonds. The van der Waals surface area contributed by atoms with E-state index in [1.807, 2.05) is 0 Å². The van der Waals surface area contributed by atoms with E-state index in [1.54, 1.807) is 19.1 Å². The second kappa shape index (κ2) is 8.81. The minimum atomic E-state index is -0.890. The number of nitrogens with zero attached hydrogens (tertiary/aromatic N) is 2. The van der Waals surface area contributed by atoms with E-state index in [0.717, 1.165) is 25.2 Å². The van der Waals surface area contributed by atoms with Crippen LogP contribution >= 0.6 is 11.8 Å². The van der Waals surface area contributed by atoms with Crippen molar-refractivity contribution in [1.82, 2.24) is 15.5 Å². The van der Waals surface area contributed by atoms with Crippen LogP contribution in [0.2, 0.25) is 0 Å². The molecule has 1 fully saturated rings. The highest BCUT2D eigenvalue weighted by molar-refractivity contribution is 7.99. The summed E-state index contributed by atoms with van der Waals surface area (Å²) in [7, 11) is 0. The van der Waals surface area contributed by atoms with Crippen molar-refractivity contribution < 1.29 is 23.6 Å². The summed E-state index contributed by atoms with van der Waals surface area (Å²) in [5.74, 6) is 0.345. The Morgan fingerprint density at radius 2 is 2.04 bits per heavy atom. The lowest BCUT2D eigenvalue weighted by atomic mass is 9.84. The number of aliphatic hydroxyl groups is 1. The van der Waals surface area contributed by atoms with Gasteiger partial charge < -0.3 is 19.7 Å². The molecule has 27 heavy (non-hydrogen) atoms. The number of thioether (sulfide) groups is 1. The molecule has 3 N–H and O–H groups in total. The van der Waals surface area contributed by atoms with Crippen molar-refractivity contribution in [3.63, 3.8) is 0 Å². The van der Waals surface area contributed by atoms with E-state index in [-0.39, 0.29) is 17.5 Å². The molecule has 146 valence electrons. The molecule has 1 aromatic heterocycles. The highest BCUT2D eigenvalue weighted by atomic mass is 32.2. The molecule has 7 nitrogen and oxygen atoms in total. The van der Waals surface area contributed by atoms with Gasteiger partial charge in [-0.3, -0.25) is 4.79 Å². The number of hydrogen-bond acceptors (Lipinski definition) is 6. The molecule has 0 spiro atoms. The lowest BCUT2D eigenvalue weighted by molar-refractivity contribution is -0.906. The minimum absolute atomic E-state index is 0.0740. The Morgan fingerprint density at radius 3 is 2.67 bits per heavy atom. The second-order valence-corrected chi connectivity index (χ2v) is 7.69. The number of benzene rings is 1. The number of halogens is 1. The summed E-state index contributed by atoms with van der Waals surface area (Å²) in [6, 6.07) is 6.08. The molecule has 0 saturated carbocycles. The van der Waals surface area contributed by atoms with E-state index >= 15 is 0 Å². The summed E-state index contributed by atoms with van der Waals surface area (Å²) in [5, 5.41) is 21.6. The van der Waals surface area contributed by atoms with Crippen LogP contribution in [0, 0.1) is 12.7 Å². The number of carbonyl (C=O) groups excluding carboxylic acids is 1. The zero-order valence-electron chi connectivity index (χ0n) is 15.2. The van der Waals surface area contributed by atoms with E-state index in [9.17, 15) is 14.3 Å². The molecule has 2 aromatic rings. The number of aryl methyl sites for hydroxylation is 1. The molecule has 0 aliphatic carbocycles. The van der Waals surface area contributed by atoms with E-state index in [1.165, 1.54) is 28.8 Å². The topological polar surface area (TPSA) is 92.7 Å². The van der Waals surface area contributed by atoms with E-state index in [0.29, 0.717) is 30.5 Å². The fraction of sp³-hybridized carbons (Fsp3) is 0.500. The van der Waals surface area contributed by atoms with Crippen molar-refractivity contribution in [2.75, 3.05) is 31.9 Å². The van der Waals surface area contributed by atoms with Crippen LogP contribution in [0.3, 0.4) is 0 Å². The maximum absolute atomic E-state index is 13.1. The molecule has 0 atom stereocenters. The molecular formula is C18H24FN4O3S+. The van der Waals surface area contributed by atoms with Gasteiger partial charge in [0.1, 0.15) is 11.4 Å². The Bertz CT molecular complexity index is 760. The number of carbonyl (C=O) groups is 1. The molecule has 0 bridgehead atoms. The van der Waals surface area contributed by atoms with Gasteiger partial charge in [-0.05, 0) is 17.7 Å². The summed E-state index contributed by atoms with van der Waals surface area (Å²) in [4.78, 5) is 13.2. The van der Waals surface area contributed by atoms with Crippen LogP contribution in [0.15, 0.2) is 33.9 Å². The van der Waals surface area contributed by atoms with Gasteiger partial charge in [-0.15, -0.1) is 10.2 Å². The number of likely N-dealkylation sites (tertiary alicyclic amines) is 1. The first-order valence-corrected chi connectivity index (χ1v) is 9.95. The van der Waals surface area contributed by atoms with Crippen LogP contribution in [0.1, 0.15) is 24.3 Å². The fourth-order valence-corrected chi connectivity index (χ4v) is 3.84. The number of amides is 1. The SMILES string of the molecule is Cc1nnc(SCC(=O)NCC[NH+]2CCC(O)(c3ccc(F)cc3)CC2)o1. The van der Waals surface area contributed by atoms with Gasteiger partial charge in [-0.25, -0.2) is 4.39 Å². The van der Waals surface area contributed by atoms with Crippen LogP contribution in [0.25, 0.3) is 0 Å². The smallest absolute Gasteiger partial charge is 0.277 e. The Labute approximate surface area is 161 Å². The van der Waals surface area contributed by atoms with Gasteiger partial charge in [0.05, 0.1) is 31.9 Å². The second-order valence-electron chi connectivity index (χ2n) is 6.76. The van der Waals surface area contributed by atoms with Crippen LogP contribution in [-0.4, -0.2) is 53.1 Å². The van der Waals surface area contributed by atoms with Gasteiger partial charge >= 0.3 is 0 Å². The highest BCUT2D eigenvalue weighted by Gasteiger charge is 2.36. The third-order valence-electron chi connectivity index (χ3n) is 4.80. The summed E-state index contributed by atoms with van der Waals surface area (Å²) in [6.07, 6.45) is 1.24. The fourth-order valence-electron chi connectivity index (χ4n) is 3.21. The Morgan fingerprint density at radius 1 is 1.33 bits per heavy atom. The van der Waals surface area contributed by atoms with E-state index in [4.69, 9.17) is 4.42 Å². The van der Waals surface area contributed by atoms with Gasteiger partial charge in [-0.2, -0.15) is 0 Å². The van der Waals surface area contributed by atoms with Gasteiger partial charge in [0, 0.05) is 19.8 Å². The summed E-state index contributed by atoms with van der Waals surface area (Å²) in [6.45, 7) is 4.69. The van der Waals surface area contributed by atoms with Crippen LogP contribution in [0.5, 0.6) is 0 Å². The molecule has 9 heteroatoms. The maximum Gasteiger partial charge on any atom is 0.277 e. The zero-order valence-corrected chi connectivity index (χ0v) is 16.0. The van der Waals surface area contributed by atoms with Gasteiger partial charge in [0.15, 0.2) is 0 Å². The number of aromatic nitrogens is 2. The van der Waals surface area contributed by atoms with Crippen LogP contribution in [-0.2, 0) is 10.4 Å². The third-order valence-corrected chi connectivity index (χ3v) is 5.62. The predicted octanol–water partition coefficient (Wildman–Crippen LogP) is 0.292. The molecule has 0 radical (unpaired) electrons. The van der Waals surface area contributed by atoms with Gasteiger partial charge in [0.25, 0.3) is 5.22 Å². The standard InChI is InChI=1S/C18H23FN4O3S/c1-13-21-22-17(26-13)27-12-16(24)20-8-11-23-9-6-18(25,7-10-23)14-2-4-15(19)5-3-14/h2-5,25H,6-12H2,1H3,(H,20,24)/p+1. The average Bonchev–Trinajstić information content (AvgIpc) is 3.07. The van der Waals surface area contributed by atoms with Crippen molar-refractivity contribution >= 4 is 17.7 Å². The van der Waals surface area contributed by atoms with Gasteiger partial charge in [0.2, 0.25) is 11.8 Å². The maximum atomic E-state index is 13.1. The van der Waals surface area contributed by atoms with E-state index in [2.05, 4.69) is 15.5 Å². The van der Waals surface area contributed by atoms with Crippen molar-refractivity contribution in [3.8, 4) is 0 Å². The first-order valence-electron chi connectivity index (χ1n) is 8.96. The van der Waals surface area contributed by atoms with Crippen molar-refractivity contribution in [3.05, 3.63) is 41.5 Å². The first kappa shape index (κ1) is 19.8. The largest absolute Gasteiger partial charge is 0.416 e. The summed E-state index contributed by atoms with van der Waals surface area (Å²) >= 11 is 1.21. The molecular weight excluding hydrogens is 371 g/mol. The molecule has 1 aromatic carbocycles. The summed E-state index contributed by atoms with van der Waals surface area (Å²) in [5.41, 5.74) is -0.121. The lowest BCUT2D eigenvalue weighted by Crippen LogP contribution is -3.14. The minimum Gasteiger partial charge on any atom is -0.416 e. The molecule has 3 rings (SSSR count). The van der Waals surface area contributed by atoms with E-state index < -0.39 is 5.60 Å². The monoisotopic (exact) mass is 395 g/mol. The Balaban J connectivity index is 1.35. The van der Waals surface area contributed by atoms with Crippen molar-refractivity contribution in [1.29, 1.82) is 0 Å². The van der Waals surface area contributed by atoms with Crippen LogP contribution in [0.4, 0.5) is 4.39 Å². The Kier molecular flexibility index (Phi) is 6.46. The number of nitrogens with one attached hydrogen (secondary N) is 2. The van der Waals surface area contributed by atoms with Gasteiger partial charge in [-0.1, -0.05) is 23.9 Å².